The van der Waals surface area contributed by atoms with Gasteiger partial charge in [0.05, 0.1) is 18.8 Å². The number of guanidine groups is 1. The molecular formula is C15H27N5O. The van der Waals surface area contributed by atoms with Gasteiger partial charge >= 0.3 is 0 Å². The van der Waals surface area contributed by atoms with Gasteiger partial charge in [0.15, 0.2) is 5.96 Å². The van der Waals surface area contributed by atoms with E-state index in [0.29, 0.717) is 12.1 Å². The third-order valence-corrected chi connectivity index (χ3v) is 4.39. The topological polar surface area (TPSA) is 63.5 Å². The maximum absolute atomic E-state index is 5.48. The molecule has 0 aliphatic heterocycles. The summed E-state index contributed by atoms with van der Waals surface area (Å²) in [6.45, 7) is 8.11. The van der Waals surface area contributed by atoms with Gasteiger partial charge < -0.3 is 15.4 Å². The van der Waals surface area contributed by atoms with E-state index in [1.165, 1.54) is 5.56 Å². The van der Waals surface area contributed by atoms with Gasteiger partial charge in [-0.2, -0.15) is 5.10 Å². The number of aromatic nitrogens is 2. The zero-order chi connectivity index (χ0) is 15.5. The van der Waals surface area contributed by atoms with Crippen LogP contribution in [0.5, 0.6) is 0 Å². The van der Waals surface area contributed by atoms with E-state index in [1.54, 1.807) is 14.2 Å². The van der Waals surface area contributed by atoms with Crippen molar-refractivity contribution < 1.29 is 4.74 Å². The second kappa shape index (κ2) is 6.47. The molecule has 1 fully saturated rings. The van der Waals surface area contributed by atoms with Gasteiger partial charge in [0.1, 0.15) is 0 Å². The molecule has 0 saturated heterocycles. The molecule has 1 heterocycles. The molecule has 1 aliphatic rings. The van der Waals surface area contributed by atoms with Crippen LogP contribution in [0.2, 0.25) is 0 Å². The van der Waals surface area contributed by atoms with E-state index >= 15 is 0 Å². The molecule has 1 aromatic heterocycles. The largest absolute Gasteiger partial charge is 0.381 e. The molecular weight excluding hydrogens is 266 g/mol. The number of nitrogens with zero attached hydrogens (tertiary/aromatic N) is 3. The first-order valence-electron chi connectivity index (χ1n) is 7.46. The molecule has 6 heteroatoms. The monoisotopic (exact) mass is 293 g/mol. The highest BCUT2D eigenvalue weighted by Crippen LogP contribution is 2.42. The van der Waals surface area contributed by atoms with E-state index in [1.807, 2.05) is 24.0 Å². The van der Waals surface area contributed by atoms with Crippen molar-refractivity contribution in [1.29, 1.82) is 0 Å². The predicted molar refractivity (Wildman–Crippen MR) is 84.4 cm³/mol. The lowest BCUT2D eigenvalue weighted by Crippen LogP contribution is -2.63. The van der Waals surface area contributed by atoms with Crippen LogP contribution in [0.1, 0.15) is 25.8 Å². The number of methoxy groups -OCH3 is 1. The van der Waals surface area contributed by atoms with E-state index in [4.69, 9.17) is 4.74 Å². The second-order valence-corrected chi connectivity index (χ2v) is 6.26. The molecule has 0 spiro atoms. The minimum atomic E-state index is 0.130. The minimum Gasteiger partial charge on any atom is -0.381 e. The maximum Gasteiger partial charge on any atom is 0.191 e. The Hall–Kier alpha value is -1.56. The second-order valence-electron chi connectivity index (χ2n) is 6.26. The molecule has 21 heavy (non-hydrogen) atoms. The van der Waals surface area contributed by atoms with Crippen LogP contribution in [0.3, 0.4) is 0 Å². The molecule has 1 saturated carbocycles. The Balaban J connectivity index is 1.77. The van der Waals surface area contributed by atoms with Crippen LogP contribution >= 0.6 is 0 Å². The highest BCUT2D eigenvalue weighted by molar-refractivity contribution is 5.80. The SMILES string of the molecule is CN=C(NCCn1cc(C)cn1)NC1CC(OC)C1(C)C. The van der Waals surface area contributed by atoms with Crippen LogP contribution in [0.15, 0.2) is 17.4 Å². The third kappa shape index (κ3) is 3.56. The summed E-state index contributed by atoms with van der Waals surface area (Å²) in [7, 11) is 3.58. The van der Waals surface area contributed by atoms with Crippen molar-refractivity contribution in [2.24, 2.45) is 10.4 Å². The van der Waals surface area contributed by atoms with Crippen LogP contribution < -0.4 is 10.6 Å². The fourth-order valence-corrected chi connectivity index (χ4v) is 2.77. The Morgan fingerprint density at radius 2 is 2.33 bits per heavy atom. The van der Waals surface area contributed by atoms with Crippen molar-refractivity contribution in [2.45, 2.75) is 45.9 Å². The Labute approximate surface area is 127 Å². The number of ether oxygens (including phenoxy) is 1. The third-order valence-electron chi connectivity index (χ3n) is 4.39. The molecule has 6 nitrogen and oxygen atoms in total. The average Bonchev–Trinajstić information content (AvgIpc) is 2.86. The fraction of sp³-hybridized carbons (Fsp3) is 0.733. The number of rotatable bonds is 5. The summed E-state index contributed by atoms with van der Waals surface area (Å²) in [6, 6.07) is 0.389. The molecule has 0 amide bonds. The molecule has 0 bridgehead atoms. The quantitative estimate of drug-likeness (QED) is 0.632. The Morgan fingerprint density at radius 3 is 2.86 bits per heavy atom. The molecule has 118 valence electrons. The van der Waals surface area contributed by atoms with Crippen LogP contribution in [0, 0.1) is 12.3 Å². The normalized spacial score (nSPS) is 24.5. The standard InChI is InChI=1S/C15H27N5O/c1-11-9-18-20(10-11)7-6-17-14(16-4)19-12-8-13(21-5)15(12,2)3/h9-10,12-13H,6-8H2,1-5H3,(H2,16,17,19). The molecule has 1 aliphatic carbocycles. The van der Waals surface area contributed by atoms with Gasteiger partial charge in [-0.05, 0) is 18.9 Å². The molecule has 0 aromatic carbocycles. The van der Waals surface area contributed by atoms with Crippen molar-refractivity contribution in [3.63, 3.8) is 0 Å². The average molecular weight is 293 g/mol. The zero-order valence-corrected chi connectivity index (χ0v) is 13.7. The van der Waals surface area contributed by atoms with Crippen LogP contribution in [-0.2, 0) is 11.3 Å². The molecule has 2 unspecified atom stereocenters. The van der Waals surface area contributed by atoms with Crippen molar-refractivity contribution in [3.05, 3.63) is 18.0 Å². The van der Waals surface area contributed by atoms with Gasteiger partial charge in [-0.1, -0.05) is 13.8 Å². The first kappa shape index (κ1) is 15.8. The van der Waals surface area contributed by atoms with E-state index in [0.717, 1.165) is 25.5 Å². The van der Waals surface area contributed by atoms with Crippen molar-refractivity contribution in [3.8, 4) is 0 Å². The summed E-state index contributed by atoms with van der Waals surface area (Å²) in [6.07, 6.45) is 5.24. The summed E-state index contributed by atoms with van der Waals surface area (Å²) < 4.78 is 7.41. The van der Waals surface area contributed by atoms with Gasteiger partial charge in [0.2, 0.25) is 0 Å². The van der Waals surface area contributed by atoms with Crippen molar-refractivity contribution in [2.75, 3.05) is 20.7 Å². The van der Waals surface area contributed by atoms with E-state index in [9.17, 15) is 0 Å². The lowest BCUT2D eigenvalue weighted by molar-refractivity contribution is -0.0922. The van der Waals surface area contributed by atoms with Gasteiger partial charge in [-0.25, -0.2) is 0 Å². The Kier molecular flexibility index (Phi) is 4.88. The highest BCUT2D eigenvalue weighted by Gasteiger charge is 2.48. The molecule has 2 rings (SSSR count). The number of aryl methyl sites for hydroxylation is 1. The lowest BCUT2D eigenvalue weighted by Gasteiger charge is -2.51. The zero-order valence-electron chi connectivity index (χ0n) is 13.7. The number of aliphatic imine (C=N–C) groups is 1. The summed E-state index contributed by atoms with van der Waals surface area (Å²) >= 11 is 0. The minimum absolute atomic E-state index is 0.130. The highest BCUT2D eigenvalue weighted by atomic mass is 16.5. The molecule has 2 atom stereocenters. The summed E-state index contributed by atoms with van der Waals surface area (Å²) in [5.74, 6) is 0.839. The Bertz CT molecular complexity index is 494. The summed E-state index contributed by atoms with van der Waals surface area (Å²) in [5.41, 5.74) is 1.31. The smallest absolute Gasteiger partial charge is 0.191 e. The fourth-order valence-electron chi connectivity index (χ4n) is 2.77. The summed E-state index contributed by atoms with van der Waals surface area (Å²) in [4.78, 5) is 4.29. The summed E-state index contributed by atoms with van der Waals surface area (Å²) in [5, 5.41) is 11.1. The molecule has 1 aromatic rings. The lowest BCUT2D eigenvalue weighted by atomic mass is 9.64. The molecule has 0 radical (unpaired) electrons. The van der Waals surface area contributed by atoms with Gasteiger partial charge in [0.25, 0.3) is 0 Å². The van der Waals surface area contributed by atoms with Crippen LogP contribution in [-0.4, -0.2) is 48.6 Å². The van der Waals surface area contributed by atoms with Gasteiger partial charge in [-0.3, -0.25) is 9.67 Å². The van der Waals surface area contributed by atoms with E-state index in [2.05, 4.69) is 34.6 Å². The predicted octanol–water partition coefficient (Wildman–Crippen LogP) is 1.17. The van der Waals surface area contributed by atoms with Crippen molar-refractivity contribution in [1.82, 2.24) is 20.4 Å². The maximum atomic E-state index is 5.48. The molecule has 2 N–H and O–H groups in total. The number of hydrogen-bond acceptors (Lipinski definition) is 3. The van der Waals surface area contributed by atoms with E-state index in [-0.39, 0.29) is 5.41 Å². The van der Waals surface area contributed by atoms with Crippen LogP contribution in [0.4, 0.5) is 0 Å². The van der Waals surface area contributed by atoms with Crippen LogP contribution in [0.25, 0.3) is 0 Å². The Morgan fingerprint density at radius 1 is 1.57 bits per heavy atom. The van der Waals surface area contributed by atoms with Crippen molar-refractivity contribution >= 4 is 5.96 Å². The first-order chi connectivity index (χ1) is 9.97. The number of hydrogen-bond donors (Lipinski definition) is 2. The van der Waals surface area contributed by atoms with Gasteiger partial charge in [-0.15, -0.1) is 0 Å². The first-order valence-corrected chi connectivity index (χ1v) is 7.46. The number of nitrogens with one attached hydrogen (secondary N) is 2. The van der Waals surface area contributed by atoms with Gasteiger partial charge in [0, 0.05) is 38.4 Å². The van der Waals surface area contributed by atoms with E-state index < -0.39 is 0 Å².